The molecule has 1 unspecified atom stereocenters. The van der Waals surface area contributed by atoms with Gasteiger partial charge in [0.05, 0.1) is 35.2 Å². The van der Waals surface area contributed by atoms with E-state index in [0.29, 0.717) is 35.1 Å². The van der Waals surface area contributed by atoms with E-state index in [1.807, 2.05) is 0 Å². The summed E-state index contributed by atoms with van der Waals surface area (Å²) in [6, 6.07) is 9.99. The van der Waals surface area contributed by atoms with Gasteiger partial charge in [0.1, 0.15) is 17.3 Å². The Balaban J connectivity index is 1.58. The van der Waals surface area contributed by atoms with Gasteiger partial charge in [0.15, 0.2) is 6.61 Å². The third-order valence-electron chi connectivity index (χ3n) is 5.16. The number of hydrogen-bond acceptors (Lipinski definition) is 6. The highest BCUT2D eigenvalue weighted by molar-refractivity contribution is 7.09. The number of fused-ring (bicyclic) bond motifs is 1. The average molecular weight is 491 g/mol. The van der Waals surface area contributed by atoms with Crippen LogP contribution in [0.2, 0.25) is 5.02 Å². The molecular formula is C23H20ClFN2O5S. The number of benzene rings is 2. The second kappa shape index (κ2) is 10.2. The minimum Gasteiger partial charge on any atom is -0.493 e. The summed E-state index contributed by atoms with van der Waals surface area (Å²) in [6.07, 6.45) is 0.708. The van der Waals surface area contributed by atoms with Crippen LogP contribution in [0.5, 0.6) is 11.5 Å². The molecule has 2 heterocycles. The zero-order valence-corrected chi connectivity index (χ0v) is 18.9. The molecule has 0 saturated heterocycles. The number of hydrogen-bond donors (Lipinski definition) is 1. The van der Waals surface area contributed by atoms with Crippen molar-refractivity contribution in [3.05, 3.63) is 74.9 Å². The van der Waals surface area contributed by atoms with E-state index < -0.39 is 18.6 Å². The standard InChI is InChI=1S/C23H20ClFN2O5S/c24-14-1-6-19(32-12-21(29)30)17(11-14)22-23-18(26-13-33-23)7-9-27(22)20(28)8-10-31-16-4-2-15(25)3-5-16/h1-6,11,13,22H,7-10,12H2,(H,29,30). The molecule has 172 valence electrons. The highest BCUT2D eigenvalue weighted by Crippen LogP contribution is 2.42. The molecule has 4 rings (SSSR count). The molecule has 0 aliphatic carbocycles. The smallest absolute Gasteiger partial charge is 0.341 e. The van der Waals surface area contributed by atoms with Crippen molar-refractivity contribution in [2.45, 2.75) is 18.9 Å². The van der Waals surface area contributed by atoms with Crippen molar-refractivity contribution >= 4 is 34.8 Å². The zero-order valence-electron chi connectivity index (χ0n) is 17.4. The fraction of sp³-hybridized carbons (Fsp3) is 0.261. The molecule has 0 fully saturated rings. The van der Waals surface area contributed by atoms with Crippen LogP contribution in [-0.4, -0.2) is 46.6 Å². The van der Waals surface area contributed by atoms with Crippen LogP contribution < -0.4 is 9.47 Å². The van der Waals surface area contributed by atoms with E-state index in [1.54, 1.807) is 28.6 Å². The molecule has 0 spiro atoms. The number of rotatable bonds is 8. The summed E-state index contributed by atoms with van der Waals surface area (Å²) in [7, 11) is 0. The predicted molar refractivity (Wildman–Crippen MR) is 120 cm³/mol. The third kappa shape index (κ3) is 5.43. The predicted octanol–water partition coefficient (Wildman–Crippen LogP) is 4.34. The fourth-order valence-electron chi connectivity index (χ4n) is 3.70. The minimum absolute atomic E-state index is 0.105. The van der Waals surface area contributed by atoms with Crippen molar-refractivity contribution in [2.75, 3.05) is 19.8 Å². The molecule has 0 radical (unpaired) electrons. The maximum absolute atomic E-state index is 13.2. The van der Waals surface area contributed by atoms with Gasteiger partial charge in [0.25, 0.3) is 0 Å². The SMILES string of the molecule is O=C(O)COc1ccc(Cl)cc1C1c2scnc2CCN1C(=O)CCOc1ccc(F)cc1. The number of nitrogens with zero attached hydrogens (tertiary/aromatic N) is 2. The first-order valence-electron chi connectivity index (χ1n) is 10.2. The number of amides is 1. The molecule has 3 aromatic rings. The van der Waals surface area contributed by atoms with Crippen LogP contribution >= 0.6 is 22.9 Å². The first-order chi connectivity index (χ1) is 15.9. The molecule has 0 bridgehead atoms. The Hall–Kier alpha value is -3.17. The summed E-state index contributed by atoms with van der Waals surface area (Å²) in [6.45, 7) is 0.0408. The van der Waals surface area contributed by atoms with E-state index in [2.05, 4.69) is 4.98 Å². The van der Waals surface area contributed by atoms with Crippen LogP contribution in [0, 0.1) is 5.82 Å². The van der Waals surface area contributed by atoms with Crippen molar-refractivity contribution in [1.29, 1.82) is 0 Å². The lowest BCUT2D eigenvalue weighted by atomic mass is 9.96. The van der Waals surface area contributed by atoms with Gasteiger partial charge in [0.2, 0.25) is 5.91 Å². The first kappa shape index (κ1) is 23.0. The molecule has 1 aliphatic rings. The van der Waals surface area contributed by atoms with Crippen molar-refractivity contribution in [3.8, 4) is 11.5 Å². The van der Waals surface area contributed by atoms with Crippen LogP contribution in [0.15, 0.2) is 48.0 Å². The maximum Gasteiger partial charge on any atom is 0.341 e. The number of carbonyl (C=O) groups excluding carboxylic acids is 1. The molecule has 1 atom stereocenters. The van der Waals surface area contributed by atoms with E-state index in [1.165, 1.54) is 35.6 Å². The number of aromatic nitrogens is 1. The van der Waals surface area contributed by atoms with Gasteiger partial charge < -0.3 is 19.5 Å². The van der Waals surface area contributed by atoms with Gasteiger partial charge in [-0.3, -0.25) is 4.79 Å². The van der Waals surface area contributed by atoms with Crippen LogP contribution in [0.1, 0.15) is 28.6 Å². The Kier molecular flexibility index (Phi) is 7.10. The highest BCUT2D eigenvalue weighted by Gasteiger charge is 2.35. The quantitative estimate of drug-likeness (QED) is 0.505. The number of halogens is 2. The molecule has 1 aliphatic heterocycles. The summed E-state index contributed by atoms with van der Waals surface area (Å²) < 4.78 is 24.2. The summed E-state index contributed by atoms with van der Waals surface area (Å²) >= 11 is 7.68. The summed E-state index contributed by atoms with van der Waals surface area (Å²) in [5.41, 5.74) is 3.22. The largest absolute Gasteiger partial charge is 0.493 e. The average Bonchev–Trinajstić information content (AvgIpc) is 3.27. The van der Waals surface area contributed by atoms with E-state index >= 15 is 0 Å². The van der Waals surface area contributed by atoms with Crippen LogP contribution in [0.3, 0.4) is 0 Å². The van der Waals surface area contributed by atoms with Crippen molar-refractivity contribution < 1.29 is 28.6 Å². The number of carboxylic acid groups (broad SMARTS) is 1. The number of aliphatic carboxylic acids is 1. The highest BCUT2D eigenvalue weighted by atomic mass is 35.5. The molecule has 0 saturated carbocycles. The summed E-state index contributed by atoms with van der Waals surface area (Å²) in [4.78, 5) is 31.3. The second-order valence-corrected chi connectivity index (χ2v) is 8.64. The van der Waals surface area contributed by atoms with Gasteiger partial charge >= 0.3 is 5.97 Å². The number of carboxylic acids is 1. The van der Waals surface area contributed by atoms with Crippen LogP contribution in [-0.2, 0) is 16.0 Å². The van der Waals surface area contributed by atoms with Crippen LogP contribution in [0.25, 0.3) is 0 Å². The van der Waals surface area contributed by atoms with Gasteiger partial charge in [-0.15, -0.1) is 11.3 Å². The van der Waals surface area contributed by atoms with Gasteiger partial charge in [0, 0.05) is 23.6 Å². The monoisotopic (exact) mass is 490 g/mol. The Labute approximate surface area is 198 Å². The van der Waals surface area contributed by atoms with Crippen molar-refractivity contribution in [2.24, 2.45) is 0 Å². The maximum atomic E-state index is 13.2. The Morgan fingerprint density at radius 3 is 2.76 bits per heavy atom. The van der Waals surface area contributed by atoms with Crippen LogP contribution in [0.4, 0.5) is 4.39 Å². The number of thiazole rings is 1. The van der Waals surface area contributed by atoms with E-state index in [4.69, 9.17) is 26.2 Å². The third-order valence-corrected chi connectivity index (χ3v) is 6.32. The van der Waals surface area contributed by atoms with Gasteiger partial charge in [-0.2, -0.15) is 0 Å². The summed E-state index contributed by atoms with van der Waals surface area (Å²) in [5.74, 6) is -0.802. The molecule has 1 aromatic heterocycles. The normalized spacial score (nSPS) is 15.1. The molecular weight excluding hydrogens is 471 g/mol. The first-order valence-corrected chi connectivity index (χ1v) is 11.4. The lowest BCUT2D eigenvalue weighted by Gasteiger charge is -2.36. The van der Waals surface area contributed by atoms with Crippen molar-refractivity contribution in [1.82, 2.24) is 9.88 Å². The van der Waals surface area contributed by atoms with Crippen molar-refractivity contribution in [3.63, 3.8) is 0 Å². The lowest BCUT2D eigenvalue weighted by Crippen LogP contribution is -2.40. The molecule has 7 nitrogen and oxygen atoms in total. The lowest BCUT2D eigenvalue weighted by molar-refractivity contribution is -0.139. The van der Waals surface area contributed by atoms with E-state index in [-0.39, 0.29) is 24.8 Å². The fourth-order valence-corrected chi connectivity index (χ4v) is 4.85. The minimum atomic E-state index is -1.11. The molecule has 10 heteroatoms. The van der Waals surface area contributed by atoms with Gasteiger partial charge in [-0.25, -0.2) is 14.2 Å². The Morgan fingerprint density at radius 2 is 2.00 bits per heavy atom. The topological polar surface area (TPSA) is 89.0 Å². The Bertz CT molecular complexity index is 1150. The summed E-state index contributed by atoms with van der Waals surface area (Å²) in [5, 5.41) is 9.48. The number of carbonyl (C=O) groups is 2. The Morgan fingerprint density at radius 1 is 1.21 bits per heavy atom. The second-order valence-electron chi connectivity index (χ2n) is 7.32. The number of ether oxygens (including phenoxy) is 2. The zero-order chi connectivity index (χ0) is 23.4. The molecule has 33 heavy (non-hydrogen) atoms. The molecule has 2 aromatic carbocycles. The van der Waals surface area contributed by atoms with Gasteiger partial charge in [-0.1, -0.05) is 11.6 Å². The van der Waals surface area contributed by atoms with E-state index in [9.17, 15) is 14.0 Å². The van der Waals surface area contributed by atoms with E-state index in [0.717, 1.165) is 10.6 Å². The van der Waals surface area contributed by atoms with Gasteiger partial charge in [-0.05, 0) is 42.5 Å². The molecule has 1 N–H and O–H groups in total. The molecule has 1 amide bonds.